The predicted molar refractivity (Wildman–Crippen MR) is 154 cm³/mol. The Hall–Kier alpha value is -3.81. The minimum absolute atomic E-state index is 0.119. The molecule has 4 N–H and O–H groups in total. The molecule has 1 aromatic carbocycles. The van der Waals surface area contributed by atoms with Gasteiger partial charge in [0, 0.05) is 5.56 Å². The van der Waals surface area contributed by atoms with Crippen LogP contribution in [0.3, 0.4) is 0 Å². The SMILES string of the molecule is COc1cc2ccc1OCCn1cc(nn1)CNC(=O)[C@@H](CC(C)C)NC(=O)[C@@H](C)NC(=O)[C@H](CCSC)NC2=O. The van der Waals surface area contributed by atoms with Crippen LogP contribution in [0.15, 0.2) is 24.4 Å². The Balaban J connectivity index is 1.88. The number of thioether (sulfide) groups is 1. The van der Waals surface area contributed by atoms with Crippen molar-refractivity contribution in [2.24, 2.45) is 5.92 Å². The summed E-state index contributed by atoms with van der Waals surface area (Å²) in [6.07, 6.45) is 4.35. The first kappa shape index (κ1) is 31.7. The number of amides is 4. The molecule has 14 heteroatoms. The predicted octanol–water partition coefficient (Wildman–Crippen LogP) is 0.883. The van der Waals surface area contributed by atoms with Crippen molar-refractivity contribution in [2.45, 2.75) is 64.8 Å². The lowest BCUT2D eigenvalue weighted by Gasteiger charge is -2.24. The number of ether oxygens (including phenoxy) is 2. The molecule has 0 fully saturated rings. The largest absolute Gasteiger partial charge is 0.493 e. The fraction of sp³-hybridized carbons (Fsp3) is 0.556. The van der Waals surface area contributed by atoms with E-state index in [9.17, 15) is 19.2 Å². The number of nitrogens with one attached hydrogen (secondary N) is 4. The number of rotatable bonds is 6. The maximum atomic E-state index is 13.2. The van der Waals surface area contributed by atoms with Crippen LogP contribution in [0.1, 0.15) is 49.7 Å². The van der Waals surface area contributed by atoms with E-state index in [0.717, 1.165) is 0 Å². The van der Waals surface area contributed by atoms with Crippen LogP contribution in [-0.4, -0.2) is 82.5 Å². The van der Waals surface area contributed by atoms with E-state index in [0.29, 0.717) is 42.3 Å². The van der Waals surface area contributed by atoms with E-state index in [2.05, 4.69) is 31.6 Å². The van der Waals surface area contributed by atoms with Crippen LogP contribution in [-0.2, 0) is 27.5 Å². The van der Waals surface area contributed by atoms with Gasteiger partial charge in [0.1, 0.15) is 30.4 Å². The second-order valence-corrected chi connectivity index (χ2v) is 11.1. The van der Waals surface area contributed by atoms with E-state index < -0.39 is 35.8 Å². The van der Waals surface area contributed by atoms with Crippen molar-refractivity contribution < 1.29 is 28.7 Å². The van der Waals surface area contributed by atoms with E-state index in [-0.39, 0.29) is 30.5 Å². The number of benzene rings is 1. The third-order valence-corrected chi connectivity index (χ3v) is 7.00. The molecule has 0 spiro atoms. The van der Waals surface area contributed by atoms with Gasteiger partial charge in [-0.05, 0) is 55.9 Å². The van der Waals surface area contributed by atoms with Gasteiger partial charge < -0.3 is 30.7 Å². The summed E-state index contributed by atoms with van der Waals surface area (Å²) >= 11 is 1.53. The smallest absolute Gasteiger partial charge is 0.252 e. The van der Waals surface area contributed by atoms with Crippen LogP contribution < -0.4 is 30.7 Å². The standard InChI is InChI=1S/C27H39N7O6S/c1-16(2)12-21-26(37)28-14-19-15-34(33-32-19)9-10-40-22-7-6-18(13-23(22)39-4)25(36)30-20(8-11-41-5)27(38)29-17(3)24(35)31-21/h6-7,13,15-17,20-21H,8-12,14H2,1-5H3,(H,28,37)(H,29,38)(H,30,36)(H,31,35)/t17-,20+,21-/m1/s1. The van der Waals surface area contributed by atoms with Crippen LogP contribution in [0.4, 0.5) is 0 Å². The highest BCUT2D eigenvalue weighted by molar-refractivity contribution is 7.98. The first-order valence-corrected chi connectivity index (χ1v) is 14.9. The Bertz CT molecular complexity index is 1220. The van der Waals surface area contributed by atoms with Gasteiger partial charge in [-0.1, -0.05) is 19.1 Å². The summed E-state index contributed by atoms with van der Waals surface area (Å²) in [6, 6.07) is 2.11. The summed E-state index contributed by atoms with van der Waals surface area (Å²) < 4.78 is 12.9. The van der Waals surface area contributed by atoms with Gasteiger partial charge in [0.15, 0.2) is 11.5 Å². The molecular weight excluding hydrogens is 550 g/mol. The Labute approximate surface area is 243 Å². The zero-order valence-electron chi connectivity index (χ0n) is 24.1. The number of carbonyl (C=O) groups excluding carboxylic acids is 4. The highest BCUT2D eigenvalue weighted by Gasteiger charge is 2.28. The second-order valence-electron chi connectivity index (χ2n) is 10.1. The molecule has 3 atom stereocenters. The molecule has 13 nitrogen and oxygen atoms in total. The molecule has 0 unspecified atom stereocenters. The zero-order chi connectivity index (χ0) is 29.9. The van der Waals surface area contributed by atoms with Gasteiger partial charge in [-0.25, -0.2) is 4.68 Å². The molecular formula is C27H39N7O6S. The van der Waals surface area contributed by atoms with Crippen LogP contribution in [0.2, 0.25) is 0 Å². The Morgan fingerprint density at radius 1 is 1.10 bits per heavy atom. The van der Waals surface area contributed by atoms with Gasteiger partial charge in [-0.3, -0.25) is 19.2 Å². The quantitative estimate of drug-likeness (QED) is 0.358. The molecule has 4 amide bonds. The first-order valence-electron chi connectivity index (χ1n) is 13.5. The normalized spacial score (nSPS) is 21.1. The molecule has 0 saturated carbocycles. The molecule has 0 saturated heterocycles. The monoisotopic (exact) mass is 589 g/mol. The molecule has 0 radical (unpaired) electrons. The van der Waals surface area contributed by atoms with Gasteiger partial charge in [0.05, 0.1) is 26.4 Å². The molecule has 0 aliphatic carbocycles. The van der Waals surface area contributed by atoms with Crippen LogP contribution >= 0.6 is 11.8 Å². The molecule has 224 valence electrons. The first-order chi connectivity index (χ1) is 19.6. The maximum Gasteiger partial charge on any atom is 0.252 e. The third-order valence-electron chi connectivity index (χ3n) is 6.36. The van der Waals surface area contributed by atoms with E-state index in [1.165, 1.54) is 25.8 Å². The highest BCUT2D eigenvalue weighted by Crippen LogP contribution is 2.28. The average Bonchev–Trinajstić information content (AvgIpc) is 3.40. The fourth-order valence-corrected chi connectivity index (χ4v) is 4.60. The van der Waals surface area contributed by atoms with Crippen molar-refractivity contribution in [3.63, 3.8) is 0 Å². The molecule has 4 bridgehead atoms. The number of aromatic nitrogens is 3. The summed E-state index contributed by atoms with van der Waals surface area (Å²) in [4.78, 5) is 52.3. The van der Waals surface area contributed by atoms with Gasteiger partial charge in [-0.2, -0.15) is 11.8 Å². The molecule has 2 aromatic rings. The van der Waals surface area contributed by atoms with Crippen molar-refractivity contribution in [2.75, 3.05) is 25.7 Å². The number of hydrogen-bond acceptors (Lipinski definition) is 9. The second kappa shape index (κ2) is 15.3. The lowest BCUT2D eigenvalue weighted by Crippen LogP contribution is -2.56. The van der Waals surface area contributed by atoms with Crippen LogP contribution in [0.25, 0.3) is 0 Å². The number of nitrogens with zero attached hydrogens (tertiary/aromatic N) is 3. The average molecular weight is 590 g/mol. The van der Waals surface area contributed by atoms with E-state index in [1.807, 2.05) is 20.1 Å². The van der Waals surface area contributed by atoms with E-state index >= 15 is 0 Å². The van der Waals surface area contributed by atoms with Crippen molar-refractivity contribution >= 4 is 35.4 Å². The molecule has 3 heterocycles. The summed E-state index contributed by atoms with van der Waals surface area (Å²) in [5.74, 6) is -0.337. The topological polar surface area (TPSA) is 166 Å². The Kier molecular flexibility index (Phi) is 11.8. The maximum absolute atomic E-state index is 13.2. The van der Waals surface area contributed by atoms with E-state index in [1.54, 1.807) is 29.1 Å². The molecule has 1 aromatic heterocycles. The Morgan fingerprint density at radius 3 is 2.59 bits per heavy atom. The van der Waals surface area contributed by atoms with Crippen molar-refractivity contribution in [3.05, 3.63) is 35.7 Å². The number of carbonyl (C=O) groups is 4. The lowest BCUT2D eigenvalue weighted by atomic mass is 10.0. The fourth-order valence-electron chi connectivity index (χ4n) is 4.13. The Morgan fingerprint density at radius 2 is 1.88 bits per heavy atom. The lowest BCUT2D eigenvalue weighted by molar-refractivity contribution is -0.132. The van der Waals surface area contributed by atoms with E-state index in [4.69, 9.17) is 9.47 Å². The van der Waals surface area contributed by atoms with Crippen molar-refractivity contribution in [1.29, 1.82) is 0 Å². The van der Waals surface area contributed by atoms with Gasteiger partial charge >= 0.3 is 0 Å². The highest BCUT2D eigenvalue weighted by atomic mass is 32.2. The molecule has 41 heavy (non-hydrogen) atoms. The number of hydrogen-bond donors (Lipinski definition) is 4. The third kappa shape index (κ3) is 9.37. The number of fused-ring (bicyclic) bond motifs is 15. The van der Waals surface area contributed by atoms with Gasteiger partial charge in [-0.15, -0.1) is 5.10 Å². The van der Waals surface area contributed by atoms with Crippen LogP contribution in [0.5, 0.6) is 11.5 Å². The summed E-state index contributed by atoms with van der Waals surface area (Å²) in [5, 5.41) is 19.2. The van der Waals surface area contributed by atoms with Gasteiger partial charge in [0.2, 0.25) is 17.7 Å². The molecule has 4 rings (SSSR count). The summed E-state index contributed by atoms with van der Waals surface area (Å²) in [7, 11) is 1.47. The van der Waals surface area contributed by atoms with Crippen LogP contribution in [0, 0.1) is 5.92 Å². The minimum Gasteiger partial charge on any atom is -0.493 e. The zero-order valence-corrected chi connectivity index (χ0v) is 24.9. The van der Waals surface area contributed by atoms with Crippen molar-refractivity contribution in [1.82, 2.24) is 36.3 Å². The summed E-state index contributed by atoms with van der Waals surface area (Å²) in [6.45, 7) is 6.18. The minimum atomic E-state index is -0.951. The summed E-state index contributed by atoms with van der Waals surface area (Å²) in [5.41, 5.74) is 0.826. The van der Waals surface area contributed by atoms with Crippen molar-refractivity contribution in [3.8, 4) is 11.5 Å². The van der Waals surface area contributed by atoms with Gasteiger partial charge in [0.25, 0.3) is 5.91 Å². The molecule has 2 aliphatic heterocycles. The number of methoxy groups -OCH3 is 1. The molecule has 2 aliphatic rings.